The van der Waals surface area contributed by atoms with Crippen molar-refractivity contribution in [3.05, 3.63) is 83.1 Å². The van der Waals surface area contributed by atoms with Crippen LogP contribution in [0.5, 0.6) is 0 Å². The predicted molar refractivity (Wildman–Crippen MR) is 117 cm³/mol. The van der Waals surface area contributed by atoms with Gasteiger partial charge in [0, 0.05) is 31.6 Å². The highest BCUT2D eigenvalue weighted by molar-refractivity contribution is 5.73. The van der Waals surface area contributed by atoms with Crippen LogP contribution >= 0.6 is 0 Å². The predicted octanol–water partition coefficient (Wildman–Crippen LogP) is 4.43. The fraction of sp³-hybridized carbons (Fsp3) is 0.423. The number of carbonyl (C=O) groups is 1. The molecule has 2 aromatic carbocycles. The minimum absolute atomic E-state index is 0.124. The molecule has 31 heavy (non-hydrogen) atoms. The molecule has 0 bridgehead atoms. The van der Waals surface area contributed by atoms with E-state index < -0.39 is 5.79 Å². The van der Waals surface area contributed by atoms with Gasteiger partial charge >= 0.3 is 5.97 Å². The van der Waals surface area contributed by atoms with E-state index in [2.05, 4.69) is 29.2 Å². The molecule has 0 aromatic heterocycles. The average molecular weight is 420 g/mol. The maximum atomic E-state index is 13.0. The number of hydrogen-bond acceptors (Lipinski definition) is 5. The van der Waals surface area contributed by atoms with E-state index in [9.17, 15) is 4.79 Å². The number of benzene rings is 2. The Labute approximate surface area is 183 Å². The Balaban J connectivity index is 1.34. The van der Waals surface area contributed by atoms with Crippen molar-refractivity contribution in [1.29, 1.82) is 0 Å². The lowest BCUT2D eigenvalue weighted by Gasteiger charge is -2.43. The van der Waals surface area contributed by atoms with E-state index in [4.69, 9.17) is 14.2 Å². The maximum Gasteiger partial charge on any atom is 0.311 e. The van der Waals surface area contributed by atoms with Crippen LogP contribution in [0.4, 0.5) is 0 Å². The third-order valence-corrected chi connectivity index (χ3v) is 6.54. The summed E-state index contributed by atoms with van der Waals surface area (Å²) in [6, 6.07) is 20.3. The molecule has 1 fully saturated rings. The molecule has 1 unspecified atom stereocenters. The van der Waals surface area contributed by atoms with E-state index in [1.165, 1.54) is 16.8 Å². The molecule has 1 atom stereocenters. The average Bonchev–Trinajstić information content (AvgIpc) is 3.26. The zero-order chi connectivity index (χ0) is 21.1. The molecule has 5 rings (SSSR count). The Morgan fingerprint density at radius 1 is 1.00 bits per heavy atom. The molecule has 1 saturated heterocycles. The van der Waals surface area contributed by atoms with Crippen molar-refractivity contribution >= 4 is 5.97 Å². The summed E-state index contributed by atoms with van der Waals surface area (Å²) in [6.45, 7) is 3.11. The summed E-state index contributed by atoms with van der Waals surface area (Å²) >= 11 is 0. The third-order valence-electron chi connectivity index (χ3n) is 6.54. The second kappa shape index (κ2) is 8.85. The molecule has 3 aliphatic rings. The largest absolute Gasteiger partial charge is 0.461 e. The first-order valence-electron chi connectivity index (χ1n) is 11.2. The molecule has 2 aliphatic heterocycles. The first-order chi connectivity index (χ1) is 15.2. The van der Waals surface area contributed by atoms with Gasteiger partial charge in [0.2, 0.25) is 0 Å². The van der Waals surface area contributed by atoms with Crippen LogP contribution in [0.1, 0.15) is 36.8 Å². The Morgan fingerprint density at radius 3 is 2.39 bits per heavy atom. The van der Waals surface area contributed by atoms with Crippen LogP contribution in [0.25, 0.3) is 0 Å². The molecule has 0 N–H and O–H groups in total. The Morgan fingerprint density at radius 2 is 1.68 bits per heavy atom. The number of ether oxygens (including phenoxy) is 3. The molecule has 162 valence electrons. The summed E-state index contributed by atoms with van der Waals surface area (Å²) in [5, 5.41) is 0. The third kappa shape index (κ3) is 4.53. The smallest absolute Gasteiger partial charge is 0.311 e. The molecule has 0 radical (unpaired) electrons. The zero-order valence-electron chi connectivity index (χ0n) is 17.8. The maximum absolute atomic E-state index is 13.0. The van der Waals surface area contributed by atoms with Crippen LogP contribution in [0.15, 0.2) is 71.9 Å². The first-order valence-corrected chi connectivity index (χ1v) is 11.2. The summed E-state index contributed by atoms with van der Waals surface area (Å²) in [4.78, 5) is 15.4. The van der Waals surface area contributed by atoms with Crippen molar-refractivity contribution in [2.45, 2.75) is 44.6 Å². The molecular weight excluding hydrogens is 390 g/mol. The highest BCUT2D eigenvalue weighted by atomic mass is 16.7. The molecule has 0 saturated carbocycles. The second-order valence-electron chi connectivity index (χ2n) is 8.70. The monoisotopic (exact) mass is 419 g/mol. The van der Waals surface area contributed by atoms with Crippen molar-refractivity contribution in [3.8, 4) is 0 Å². The number of esters is 1. The Bertz CT molecular complexity index is 934. The van der Waals surface area contributed by atoms with E-state index in [0.717, 1.165) is 37.8 Å². The van der Waals surface area contributed by atoms with E-state index in [1.54, 1.807) is 0 Å². The fourth-order valence-electron chi connectivity index (χ4n) is 5.02. The lowest BCUT2D eigenvalue weighted by atomic mass is 9.81. The van der Waals surface area contributed by atoms with Crippen LogP contribution in [0.2, 0.25) is 0 Å². The van der Waals surface area contributed by atoms with E-state index in [0.29, 0.717) is 26.4 Å². The molecule has 5 heteroatoms. The highest BCUT2D eigenvalue weighted by Crippen LogP contribution is 2.44. The number of carbonyl (C=O) groups excluding carboxylic acids is 1. The quantitative estimate of drug-likeness (QED) is 0.671. The van der Waals surface area contributed by atoms with Gasteiger partial charge in [-0.05, 0) is 29.5 Å². The molecule has 5 nitrogen and oxygen atoms in total. The Hall–Kier alpha value is -2.63. The molecule has 0 amide bonds. The number of allylic oxidation sites excluding steroid dienone is 1. The normalized spacial score (nSPS) is 22.5. The SMILES string of the molecule is O=C(OCc1ccccc1)C1CC2=C(CCC3(C2)OCCO3)N(Cc2ccccc2)C1. The summed E-state index contributed by atoms with van der Waals surface area (Å²) < 4.78 is 17.7. The van der Waals surface area contributed by atoms with Gasteiger partial charge in [-0.2, -0.15) is 0 Å². The van der Waals surface area contributed by atoms with Crippen molar-refractivity contribution in [1.82, 2.24) is 4.90 Å². The first kappa shape index (κ1) is 20.3. The van der Waals surface area contributed by atoms with Gasteiger partial charge in [0.1, 0.15) is 6.61 Å². The molecule has 1 aliphatic carbocycles. The van der Waals surface area contributed by atoms with Crippen molar-refractivity contribution in [3.63, 3.8) is 0 Å². The van der Waals surface area contributed by atoms with Gasteiger partial charge in [-0.25, -0.2) is 0 Å². The second-order valence-corrected chi connectivity index (χ2v) is 8.70. The topological polar surface area (TPSA) is 48.0 Å². The van der Waals surface area contributed by atoms with E-state index in [-0.39, 0.29) is 11.9 Å². The van der Waals surface area contributed by atoms with Crippen LogP contribution < -0.4 is 0 Å². The van der Waals surface area contributed by atoms with Gasteiger partial charge in [0.25, 0.3) is 0 Å². The molecular formula is C26H29NO4. The summed E-state index contributed by atoms with van der Waals surface area (Å²) in [7, 11) is 0. The fourth-order valence-corrected chi connectivity index (χ4v) is 5.02. The van der Waals surface area contributed by atoms with Crippen LogP contribution in [0, 0.1) is 5.92 Å². The molecule has 2 heterocycles. The minimum Gasteiger partial charge on any atom is -0.461 e. The van der Waals surface area contributed by atoms with Crippen molar-refractivity contribution in [2.24, 2.45) is 5.92 Å². The number of nitrogens with zero attached hydrogens (tertiary/aromatic N) is 1. The standard InChI is InChI=1S/C26H29NO4/c28-25(29-19-21-9-5-2-6-10-21)23-15-22-16-26(30-13-14-31-26)12-11-24(22)27(18-23)17-20-7-3-1-4-8-20/h1-10,23H,11-19H2. The summed E-state index contributed by atoms with van der Waals surface area (Å²) in [5.41, 5.74) is 4.91. The summed E-state index contributed by atoms with van der Waals surface area (Å²) in [5.74, 6) is -0.795. The molecule has 1 spiro atoms. The lowest BCUT2D eigenvalue weighted by molar-refractivity contribution is -0.168. The van der Waals surface area contributed by atoms with Crippen molar-refractivity contribution < 1.29 is 19.0 Å². The highest BCUT2D eigenvalue weighted by Gasteiger charge is 2.44. The van der Waals surface area contributed by atoms with Gasteiger partial charge in [0.05, 0.1) is 19.1 Å². The van der Waals surface area contributed by atoms with Crippen molar-refractivity contribution in [2.75, 3.05) is 19.8 Å². The lowest BCUT2D eigenvalue weighted by Crippen LogP contribution is -2.43. The van der Waals surface area contributed by atoms with E-state index in [1.807, 2.05) is 36.4 Å². The molecule has 2 aromatic rings. The van der Waals surface area contributed by atoms with Crippen LogP contribution in [0.3, 0.4) is 0 Å². The van der Waals surface area contributed by atoms with Crippen LogP contribution in [-0.4, -0.2) is 36.4 Å². The Kier molecular flexibility index (Phi) is 5.79. The minimum atomic E-state index is -0.493. The number of hydrogen-bond donors (Lipinski definition) is 0. The van der Waals surface area contributed by atoms with Crippen LogP contribution in [-0.2, 0) is 32.2 Å². The van der Waals surface area contributed by atoms with Gasteiger partial charge < -0.3 is 19.1 Å². The van der Waals surface area contributed by atoms with Gasteiger partial charge in [-0.1, -0.05) is 60.7 Å². The van der Waals surface area contributed by atoms with Gasteiger partial charge in [-0.15, -0.1) is 0 Å². The number of rotatable bonds is 5. The summed E-state index contributed by atoms with van der Waals surface area (Å²) in [6.07, 6.45) is 3.27. The van der Waals surface area contributed by atoms with Gasteiger partial charge in [0.15, 0.2) is 5.79 Å². The zero-order valence-corrected chi connectivity index (χ0v) is 17.8. The van der Waals surface area contributed by atoms with Gasteiger partial charge in [-0.3, -0.25) is 4.79 Å². The van der Waals surface area contributed by atoms with E-state index >= 15 is 0 Å².